The van der Waals surface area contributed by atoms with E-state index in [9.17, 15) is 24.0 Å². The second-order valence-corrected chi connectivity index (χ2v) is 38.2. The van der Waals surface area contributed by atoms with Crippen LogP contribution in [0.5, 0.6) is 11.5 Å². The quantitative estimate of drug-likeness (QED) is 0.00911. The van der Waals surface area contributed by atoms with E-state index < -0.39 is 5.97 Å². The van der Waals surface area contributed by atoms with Gasteiger partial charge in [0, 0.05) is 189 Å². The number of ether oxygens (including phenoxy) is 3. The van der Waals surface area contributed by atoms with Gasteiger partial charge < -0.3 is 75.5 Å². The Balaban J connectivity index is 0.000000159. The van der Waals surface area contributed by atoms with Crippen molar-refractivity contribution in [2.75, 3.05) is 224 Å². The van der Waals surface area contributed by atoms with Crippen molar-refractivity contribution in [3.05, 3.63) is 162 Å². The van der Waals surface area contributed by atoms with Crippen LogP contribution in [0.1, 0.15) is 127 Å². The van der Waals surface area contributed by atoms with Gasteiger partial charge in [-0.2, -0.15) is 0 Å². The maximum Gasteiger partial charge on any atom is 0.341 e. The molecule has 16 heterocycles. The van der Waals surface area contributed by atoms with E-state index in [1.165, 1.54) is 19.5 Å². The third-order valence-corrected chi connectivity index (χ3v) is 24.8. The number of rotatable bonds is 37. The monoisotopic (exact) mass is 2010 g/mol. The number of Topliss-reactive ketones (excluding diaryl/α,β-unsaturated/α-hetero) is 3. The zero-order valence-electron chi connectivity index (χ0n) is 84.8. The lowest BCUT2D eigenvalue weighted by molar-refractivity contribution is 0.0395. The maximum atomic E-state index is 12.6. The van der Waals surface area contributed by atoms with Gasteiger partial charge in [-0.15, -0.1) is 0 Å². The molecule has 1 aliphatic heterocycles. The second kappa shape index (κ2) is 49.8. The number of esters is 1. The average molecular weight is 2010 g/mol. The van der Waals surface area contributed by atoms with E-state index in [2.05, 4.69) is 127 Å². The van der Waals surface area contributed by atoms with Crippen molar-refractivity contribution < 1.29 is 38.2 Å². The summed E-state index contributed by atoms with van der Waals surface area (Å²) in [5, 5.41) is 21.4. The van der Waals surface area contributed by atoms with Crippen LogP contribution >= 0.6 is 46.4 Å². The lowest BCUT2D eigenvalue weighted by Gasteiger charge is -2.16. The van der Waals surface area contributed by atoms with Crippen molar-refractivity contribution in [2.24, 2.45) is 5.92 Å². The Hall–Kier alpha value is -12.7. The summed E-state index contributed by atoms with van der Waals surface area (Å²) in [4.78, 5) is 145. The standard InChI is InChI=1S/C22H30N6O2.C21H27ClN6O.C21H24ClN5O3.C20H24Cl2N6O.C18H21N5O/c1-14-12-24-20-19(23-8-10-28(4)5)18-16(26-21(20)22(14)30-6)11-15(13-25-18)17(29)7-9-27(2)3;1-13-11-24-21-19(17(13)22)26-15-10-14(16(29)6-8-27(2)3)12-25-18(15)20(21)23-7-9-28(4)5;1-12(2)4-5-23-17-16-15(26-19-18(17)25-10-14(22)20(19)29-3)8-13(9-24-16)21(28)30-11-27-6-7-27;1-27(2)7-5-15(29)12-9-14-17(24-10-12)19(23-6-8-28(3)4)20-18(26-14)16(22)13(21)11-25-20;1-5-7-20-17-15-13(11(3)10(2)9-22-15)23-14-12(18(24)19-4)6-8-21-16(14)17/h11-13H,7-10H2,1-6H3,(H,23,26);10-12H,6-9H2,1-5H3,(H,23,26);8-10,12H,4-7,11H2,1-3H3,(H,23,26);9-11H,5-8H2,1-4H3,(H,23,26);6,8-9H,5,7H2,1-4H3,(H,19,24)(H,20,23). The van der Waals surface area contributed by atoms with E-state index in [0.717, 1.165) is 133 Å². The summed E-state index contributed by atoms with van der Waals surface area (Å²) in [6, 6.07) is 8.75. The van der Waals surface area contributed by atoms with Gasteiger partial charge in [-0.05, 0) is 178 Å². The SMILES string of the molecule is CCCNc1c2nccc(C(=O)NC)c2nc2c(C)c(C)cnc12.CN(C)CCNc1c2ncc(C(=O)CCN(C)C)cc2nc2c(Cl)c(Cl)cnc12.COc1c(C)cnc2c(NCCN(C)C)c3ncc(C(=O)CCN(C)C)cc3nc12.COc1c(Cl)cnc2c(NCCC(C)C)c3ncc(C(=O)OCN4CC4)cc3nc12.Cc1cnc2c(NCCN(C)C)c3ncc(C(=O)CCN(C)C)cc3nc2c1Cl. The van der Waals surface area contributed by atoms with Crippen LogP contribution in [0, 0.1) is 33.6 Å². The molecule has 142 heavy (non-hydrogen) atoms. The summed E-state index contributed by atoms with van der Waals surface area (Å²) >= 11 is 25.4. The van der Waals surface area contributed by atoms with E-state index in [1.807, 2.05) is 144 Å². The van der Waals surface area contributed by atoms with E-state index in [4.69, 9.17) is 75.6 Å². The fraction of sp³-hybridized carbons (Fsp3) is 0.412. The highest BCUT2D eigenvalue weighted by Crippen LogP contribution is 2.42. The number of carbonyl (C=O) groups is 5. The third kappa shape index (κ3) is 26.8. The summed E-state index contributed by atoms with van der Waals surface area (Å²) in [5.41, 5.74) is 23.2. The number of amides is 1. The number of nitrogens with one attached hydrogen (secondary N) is 6. The summed E-state index contributed by atoms with van der Waals surface area (Å²) in [6.45, 7) is 24.8. The summed E-state index contributed by atoms with van der Waals surface area (Å²) < 4.78 is 16.4. The van der Waals surface area contributed by atoms with Crippen LogP contribution in [-0.2, 0) is 4.74 Å². The Morgan fingerprint density at radius 2 is 0.746 bits per heavy atom. The van der Waals surface area contributed by atoms with E-state index in [1.54, 1.807) is 81.8 Å². The highest BCUT2D eigenvalue weighted by atomic mass is 35.5. The molecule has 750 valence electrons. The number of ketones is 3. The van der Waals surface area contributed by atoms with Crippen molar-refractivity contribution in [3.8, 4) is 11.5 Å². The number of pyridine rings is 15. The molecule has 16 rings (SSSR count). The Morgan fingerprint density at radius 3 is 1.18 bits per heavy atom. The van der Waals surface area contributed by atoms with Gasteiger partial charge in [-0.3, -0.25) is 73.9 Å². The minimum atomic E-state index is -0.427. The van der Waals surface area contributed by atoms with Crippen LogP contribution in [-0.4, -0.2) is 336 Å². The van der Waals surface area contributed by atoms with Crippen molar-refractivity contribution in [2.45, 2.75) is 80.6 Å². The number of fused-ring (bicyclic) bond motifs is 10. The predicted octanol–water partition coefficient (Wildman–Crippen LogP) is 16.1. The number of aromatic nitrogens is 15. The van der Waals surface area contributed by atoms with Crippen LogP contribution in [0.2, 0.25) is 20.1 Å². The van der Waals surface area contributed by atoms with Gasteiger partial charge in [0.1, 0.15) is 94.5 Å². The van der Waals surface area contributed by atoms with Gasteiger partial charge in [0.2, 0.25) is 0 Å². The van der Waals surface area contributed by atoms with Crippen molar-refractivity contribution in [1.82, 2.24) is 114 Å². The number of hydrogen-bond donors (Lipinski definition) is 6. The molecular weight excluding hydrogens is 1890 g/mol. The number of nitrogens with zero attached hydrogens (tertiary/aromatic N) is 22. The average Bonchev–Trinajstić information content (AvgIpc) is 1.09. The van der Waals surface area contributed by atoms with Crippen molar-refractivity contribution in [3.63, 3.8) is 0 Å². The molecule has 15 aromatic rings. The van der Waals surface area contributed by atoms with Crippen LogP contribution in [0.15, 0.2) is 92.3 Å². The van der Waals surface area contributed by atoms with Crippen LogP contribution in [0.3, 0.4) is 0 Å². The Morgan fingerprint density at radius 1 is 0.387 bits per heavy atom. The molecule has 0 radical (unpaired) electrons. The fourth-order valence-corrected chi connectivity index (χ4v) is 15.7. The van der Waals surface area contributed by atoms with E-state index in [0.29, 0.717) is 210 Å². The number of anilines is 5. The fourth-order valence-electron chi connectivity index (χ4n) is 15.0. The van der Waals surface area contributed by atoms with Gasteiger partial charge in [0.05, 0.1) is 103 Å². The number of aryl methyl sites for hydroxylation is 4. The molecule has 0 aromatic carbocycles. The van der Waals surface area contributed by atoms with Gasteiger partial charge in [0.25, 0.3) is 5.91 Å². The minimum absolute atomic E-state index is 0.0208. The third-order valence-electron chi connectivity index (χ3n) is 23.3. The molecule has 1 saturated heterocycles. The minimum Gasteiger partial charge on any atom is -0.494 e. The Labute approximate surface area is 846 Å². The molecule has 0 spiro atoms. The molecule has 1 fully saturated rings. The predicted molar refractivity (Wildman–Crippen MR) is 572 cm³/mol. The Bertz CT molecular complexity index is 6820. The Kier molecular flexibility index (Phi) is 37.9. The number of carbonyl (C=O) groups excluding carboxylic acids is 5. The summed E-state index contributed by atoms with van der Waals surface area (Å²) in [7, 11) is 28.6. The normalized spacial score (nSPS) is 12.0. The maximum absolute atomic E-state index is 12.6. The number of hydrogen-bond acceptors (Lipinski definition) is 35. The molecule has 0 atom stereocenters. The smallest absolute Gasteiger partial charge is 0.341 e. The number of methoxy groups -OCH3 is 2. The van der Waals surface area contributed by atoms with Gasteiger partial charge in [0.15, 0.2) is 28.8 Å². The number of halogens is 4. The van der Waals surface area contributed by atoms with Crippen LogP contribution < -0.4 is 41.4 Å². The molecule has 0 bridgehead atoms. The first kappa shape index (κ1) is 108. The molecule has 1 amide bonds. The lowest BCUT2D eigenvalue weighted by atomic mass is 10.1. The van der Waals surface area contributed by atoms with Crippen molar-refractivity contribution >= 4 is 214 Å². The second-order valence-electron chi connectivity index (χ2n) is 36.6. The van der Waals surface area contributed by atoms with E-state index in [-0.39, 0.29) is 30.0 Å². The van der Waals surface area contributed by atoms with E-state index >= 15 is 0 Å². The van der Waals surface area contributed by atoms with Crippen LogP contribution in [0.4, 0.5) is 28.4 Å². The first-order valence-electron chi connectivity index (χ1n) is 46.9. The first-order chi connectivity index (χ1) is 67.9. The zero-order chi connectivity index (χ0) is 103. The van der Waals surface area contributed by atoms with Gasteiger partial charge >= 0.3 is 5.97 Å². The van der Waals surface area contributed by atoms with Crippen molar-refractivity contribution in [1.29, 1.82) is 0 Å². The molecule has 1 aliphatic rings. The van der Waals surface area contributed by atoms with Gasteiger partial charge in [-0.1, -0.05) is 67.2 Å². The van der Waals surface area contributed by atoms with Gasteiger partial charge in [-0.25, -0.2) is 29.7 Å². The largest absolute Gasteiger partial charge is 0.494 e. The molecule has 40 heteroatoms. The highest BCUT2D eigenvalue weighted by molar-refractivity contribution is 6.45. The highest BCUT2D eigenvalue weighted by Gasteiger charge is 2.27. The molecular formula is C102H126Cl4N28O8. The molecule has 15 aromatic heterocycles. The number of likely N-dealkylation sites (N-methyl/N-ethyl adjacent to an activating group) is 3. The zero-order valence-corrected chi connectivity index (χ0v) is 87.8. The summed E-state index contributed by atoms with van der Waals surface area (Å²) in [5.74, 6) is 1.18. The van der Waals surface area contributed by atoms with Crippen LogP contribution in [0.25, 0.3) is 110 Å². The lowest BCUT2D eigenvalue weighted by Crippen LogP contribution is -2.21. The topological polar surface area (TPSA) is 401 Å². The molecule has 6 N–H and O–H groups in total. The molecule has 0 aliphatic carbocycles. The molecule has 0 saturated carbocycles. The molecule has 36 nitrogen and oxygen atoms in total. The molecule has 0 unspecified atom stereocenters. The summed E-state index contributed by atoms with van der Waals surface area (Å²) in [6.07, 6.45) is 19.7. The first-order valence-corrected chi connectivity index (χ1v) is 48.4.